The number of aromatic nitrogens is 1. The fourth-order valence-electron chi connectivity index (χ4n) is 1.65. The van der Waals surface area contributed by atoms with E-state index in [1.165, 1.54) is 0 Å². The number of hydrogen-bond acceptors (Lipinski definition) is 3. The van der Waals surface area contributed by atoms with Crippen LogP contribution in [0.3, 0.4) is 0 Å². The zero-order chi connectivity index (χ0) is 12.6. The molecule has 0 spiro atoms. The van der Waals surface area contributed by atoms with Gasteiger partial charge in [0, 0.05) is 6.20 Å². The van der Waals surface area contributed by atoms with Crippen molar-refractivity contribution in [3.8, 4) is 0 Å². The number of nitrogens with zero attached hydrogens (tertiary/aromatic N) is 2. The molecule has 1 amide bonds. The van der Waals surface area contributed by atoms with E-state index in [2.05, 4.69) is 4.98 Å². The number of pyridine rings is 1. The van der Waals surface area contributed by atoms with E-state index in [0.717, 1.165) is 23.2 Å². The Morgan fingerprint density at radius 2 is 2.18 bits per heavy atom. The van der Waals surface area contributed by atoms with Crippen molar-refractivity contribution in [2.45, 2.75) is 18.7 Å². The average Bonchev–Trinajstić information content (AvgIpc) is 2.57. The fraction of sp³-hybridized carbons (Fsp3) is 0.400. The van der Waals surface area contributed by atoms with Crippen molar-refractivity contribution in [2.75, 3.05) is 11.4 Å². The first-order valence-corrected chi connectivity index (χ1v) is 4.89. The topological polar surface area (TPSA) is 53.4 Å². The number of hydrogen-bond donors (Lipinski definition) is 1. The highest BCUT2D eigenvalue weighted by Gasteiger charge is 2.34. The van der Waals surface area contributed by atoms with Gasteiger partial charge in [0.25, 0.3) is 0 Å². The summed E-state index contributed by atoms with van der Waals surface area (Å²) in [5.41, 5.74) is -0.864. The number of carbonyl (C=O) groups excluding carboxylic acids is 1. The summed E-state index contributed by atoms with van der Waals surface area (Å²) >= 11 is 0. The minimum atomic E-state index is -4.47. The van der Waals surface area contributed by atoms with Gasteiger partial charge in [-0.05, 0) is 12.1 Å². The number of alkyl halides is 3. The van der Waals surface area contributed by atoms with E-state index in [4.69, 9.17) is 0 Å². The molecule has 92 valence electrons. The second-order valence-electron chi connectivity index (χ2n) is 3.76. The van der Waals surface area contributed by atoms with Crippen LogP contribution in [0.5, 0.6) is 0 Å². The average molecular weight is 246 g/mol. The van der Waals surface area contributed by atoms with Crippen molar-refractivity contribution in [2.24, 2.45) is 0 Å². The van der Waals surface area contributed by atoms with Crippen LogP contribution in [0.4, 0.5) is 19.0 Å². The van der Waals surface area contributed by atoms with Gasteiger partial charge in [0.1, 0.15) is 5.82 Å². The van der Waals surface area contributed by atoms with Crippen molar-refractivity contribution in [3.63, 3.8) is 0 Å². The minimum absolute atomic E-state index is 0.0207. The van der Waals surface area contributed by atoms with Crippen LogP contribution < -0.4 is 4.90 Å². The van der Waals surface area contributed by atoms with Crippen molar-refractivity contribution in [1.82, 2.24) is 4.98 Å². The van der Waals surface area contributed by atoms with Crippen LogP contribution in [0.25, 0.3) is 0 Å². The lowest BCUT2D eigenvalue weighted by Crippen LogP contribution is -2.26. The molecule has 4 nitrogen and oxygen atoms in total. The van der Waals surface area contributed by atoms with Crippen LogP contribution in [-0.2, 0) is 11.0 Å². The molecule has 17 heavy (non-hydrogen) atoms. The summed E-state index contributed by atoms with van der Waals surface area (Å²) in [7, 11) is 0. The van der Waals surface area contributed by atoms with Crippen molar-refractivity contribution in [3.05, 3.63) is 23.9 Å². The third-order valence-corrected chi connectivity index (χ3v) is 2.45. The molecule has 1 aromatic rings. The number of halogens is 3. The Bertz CT molecular complexity index is 447. The summed E-state index contributed by atoms with van der Waals surface area (Å²) in [6, 6.07) is 1.64. The number of rotatable bonds is 1. The van der Waals surface area contributed by atoms with E-state index >= 15 is 0 Å². The number of carbonyl (C=O) groups is 1. The predicted octanol–water partition coefficient (Wildman–Crippen LogP) is 1.20. The molecule has 0 radical (unpaired) electrons. The van der Waals surface area contributed by atoms with Gasteiger partial charge < -0.3 is 5.11 Å². The van der Waals surface area contributed by atoms with Gasteiger partial charge in [-0.2, -0.15) is 13.2 Å². The Balaban J connectivity index is 2.31. The van der Waals surface area contributed by atoms with Gasteiger partial charge >= 0.3 is 6.18 Å². The first-order chi connectivity index (χ1) is 7.88. The third-order valence-electron chi connectivity index (χ3n) is 2.45. The summed E-state index contributed by atoms with van der Waals surface area (Å²) in [5.74, 6) is -0.509. The molecular weight excluding hydrogens is 237 g/mol. The van der Waals surface area contributed by atoms with E-state index in [-0.39, 0.29) is 18.8 Å². The van der Waals surface area contributed by atoms with Gasteiger partial charge in [-0.15, -0.1) is 0 Å². The summed E-state index contributed by atoms with van der Waals surface area (Å²) in [6.45, 7) is -0.0207. The molecule has 1 fully saturated rings. The largest absolute Gasteiger partial charge is 0.416 e. The lowest BCUT2D eigenvalue weighted by molar-refractivity contribution is -0.137. The van der Waals surface area contributed by atoms with Crippen LogP contribution in [0.1, 0.15) is 12.0 Å². The van der Waals surface area contributed by atoms with Gasteiger partial charge in [0.2, 0.25) is 5.91 Å². The lowest BCUT2D eigenvalue weighted by atomic mass is 10.2. The van der Waals surface area contributed by atoms with Crippen LogP contribution >= 0.6 is 0 Å². The van der Waals surface area contributed by atoms with E-state index in [0.29, 0.717) is 0 Å². The van der Waals surface area contributed by atoms with Gasteiger partial charge in [-0.25, -0.2) is 4.98 Å². The molecule has 0 saturated carbocycles. The zero-order valence-corrected chi connectivity index (χ0v) is 8.61. The van der Waals surface area contributed by atoms with E-state index in [9.17, 15) is 23.1 Å². The highest BCUT2D eigenvalue weighted by molar-refractivity contribution is 5.95. The highest BCUT2D eigenvalue weighted by atomic mass is 19.4. The predicted molar refractivity (Wildman–Crippen MR) is 52.2 cm³/mol. The maximum atomic E-state index is 12.4. The third kappa shape index (κ3) is 2.38. The standard InChI is InChI=1S/C10H9F3N2O2/c11-10(12,13)6-1-2-14-8(3-6)15-5-7(16)4-9(15)17/h1-3,7,16H,4-5H2. The first-order valence-electron chi connectivity index (χ1n) is 4.89. The van der Waals surface area contributed by atoms with Crippen LogP contribution in [0, 0.1) is 0 Å². The molecule has 0 bridgehead atoms. The molecule has 1 aliphatic rings. The summed E-state index contributed by atoms with van der Waals surface area (Å²) in [5, 5.41) is 9.25. The summed E-state index contributed by atoms with van der Waals surface area (Å²) in [4.78, 5) is 16.2. The van der Waals surface area contributed by atoms with Gasteiger partial charge in [0.15, 0.2) is 0 Å². The zero-order valence-electron chi connectivity index (χ0n) is 8.61. The van der Waals surface area contributed by atoms with Gasteiger partial charge in [-0.3, -0.25) is 9.69 Å². The molecule has 0 aromatic carbocycles. The number of anilines is 1. The van der Waals surface area contributed by atoms with Crippen molar-refractivity contribution >= 4 is 11.7 Å². The normalized spacial score (nSPS) is 21.1. The number of aliphatic hydroxyl groups is 1. The Labute approximate surface area is 94.7 Å². The number of amides is 1. The maximum absolute atomic E-state index is 12.4. The Kier molecular flexibility index (Phi) is 2.78. The Hall–Kier alpha value is -1.63. The molecule has 7 heteroatoms. The van der Waals surface area contributed by atoms with E-state index in [1.807, 2.05) is 0 Å². The van der Waals surface area contributed by atoms with Crippen LogP contribution in [0.15, 0.2) is 18.3 Å². The number of β-amino-alcohol motifs (C(OH)–C–C–N with tert-alkyl or cyclic N) is 1. The smallest absolute Gasteiger partial charge is 0.391 e. The maximum Gasteiger partial charge on any atom is 0.416 e. The summed E-state index contributed by atoms with van der Waals surface area (Å²) in [6.07, 6.45) is -4.41. The molecular formula is C10H9F3N2O2. The van der Waals surface area contributed by atoms with E-state index in [1.54, 1.807) is 0 Å². The molecule has 1 aliphatic heterocycles. The second-order valence-corrected chi connectivity index (χ2v) is 3.76. The first kappa shape index (κ1) is 11.8. The van der Waals surface area contributed by atoms with Gasteiger partial charge in [-0.1, -0.05) is 0 Å². The monoisotopic (exact) mass is 246 g/mol. The van der Waals surface area contributed by atoms with Crippen LogP contribution in [-0.4, -0.2) is 28.6 Å². The second kappa shape index (κ2) is 3.99. The molecule has 1 saturated heterocycles. The quantitative estimate of drug-likeness (QED) is 0.810. The Morgan fingerprint density at radius 3 is 2.71 bits per heavy atom. The van der Waals surface area contributed by atoms with Crippen molar-refractivity contribution in [1.29, 1.82) is 0 Å². The van der Waals surface area contributed by atoms with Gasteiger partial charge in [0.05, 0.1) is 24.6 Å². The highest BCUT2D eigenvalue weighted by Crippen LogP contribution is 2.31. The number of aliphatic hydroxyl groups excluding tert-OH is 1. The SMILES string of the molecule is O=C1CC(O)CN1c1cc(C(F)(F)F)ccn1. The molecule has 1 atom stereocenters. The molecule has 1 aromatic heterocycles. The molecule has 1 unspecified atom stereocenters. The summed E-state index contributed by atoms with van der Waals surface area (Å²) < 4.78 is 37.3. The molecule has 2 heterocycles. The lowest BCUT2D eigenvalue weighted by Gasteiger charge is -2.16. The van der Waals surface area contributed by atoms with Crippen molar-refractivity contribution < 1.29 is 23.1 Å². The molecule has 1 N–H and O–H groups in total. The van der Waals surface area contributed by atoms with Crippen LogP contribution in [0.2, 0.25) is 0 Å². The Morgan fingerprint density at radius 1 is 1.47 bits per heavy atom. The van der Waals surface area contributed by atoms with E-state index < -0.39 is 23.8 Å². The minimum Gasteiger partial charge on any atom is -0.391 e. The fourth-order valence-corrected chi connectivity index (χ4v) is 1.65. The molecule has 0 aliphatic carbocycles. The molecule has 2 rings (SSSR count).